The lowest BCUT2D eigenvalue weighted by atomic mass is 10.0. The molecular weight excluding hydrogens is 340 g/mol. The van der Waals surface area contributed by atoms with Gasteiger partial charge in [0.15, 0.2) is 0 Å². The van der Waals surface area contributed by atoms with Crippen molar-refractivity contribution in [2.45, 2.75) is 11.8 Å². The first-order valence-corrected chi connectivity index (χ1v) is 7.48. The van der Waals surface area contributed by atoms with E-state index in [9.17, 15) is 0 Å². The predicted octanol–water partition coefficient (Wildman–Crippen LogP) is 5.15. The number of hydrogen-bond acceptors (Lipinski definition) is 2. The molecule has 0 aromatic heterocycles. The number of methoxy groups -OCH3 is 2. The fraction of sp³-hybridized carbons (Fsp3) is 0.250. The highest BCUT2D eigenvalue weighted by atomic mass is 79.9. The summed E-state index contributed by atoms with van der Waals surface area (Å²) in [5, 5.41) is 0.769. The number of rotatable bonds is 4. The van der Waals surface area contributed by atoms with Crippen LogP contribution in [0.25, 0.3) is 0 Å². The van der Waals surface area contributed by atoms with E-state index >= 15 is 0 Å². The van der Waals surface area contributed by atoms with Crippen molar-refractivity contribution in [1.82, 2.24) is 0 Å². The zero-order valence-electron chi connectivity index (χ0n) is 11.6. The molecule has 0 bridgehead atoms. The summed E-state index contributed by atoms with van der Waals surface area (Å²) in [6.07, 6.45) is 0. The van der Waals surface area contributed by atoms with Crippen molar-refractivity contribution in [2.24, 2.45) is 0 Å². The molecule has 2 aromatic carbocycles. The molecule has 0 aliphatic rings. The monoisotopic (exact) mass is 354 g/mol. The Kier molecular flexibility index (Phi) is 4.95. The van der Waals surface area contributed by atoms with Crippen molar-refractivity contribution in [3.63, 3.8) is 0 Å². The van der Waals surface area contributed by atoms with Gasteiger partial charge >= 0.3 is 0 Å². The molecule has 2 aromatic rings. The maximum absolute atomic E-state index is 6.08. The van der Waals surface area contributed by atoms with Crippen LogP contribution in [0.3, 0.4) is 0 Å². The summed E-state index contributed by atoms with van der Waals surface area (Å²) < 4.78 is 10.7. The summed E-state index contributed by atoms with van der Waals surface area (Å²) in [6, 6.07) is 11.8. The Labute approximate surface area is 132 Å². The van der Waals surface area contributed by atoms with E-state index in [4.69, 9.17) is 21.1 Å². The summed E-state index contributed by atoms with van der Waals surface area (Å²) in [4.78, 5) is 0.0171. The second kappa shape index (κ2) is 6.51. The third-order valence-electron chi connectivity index (χ3n) is 3.18. The lowest BCUT2D eigenvalue weighted by Crippen LogP contribution is -1.98. The fourth-order valence-corrected chi connectivity index (χ4v) is 2.80. The van der Waals surface area contributed by atoms with Crippen LogP contribution in [0.5, 0.6) is 11.5 Å². The maximum Gasteiger partial charge on any atom is 0.123 e. The van der Waals surface area contributed by atoms with Crippen LogP contribution in [0.1, 0.15) is 21.5 Å². The molecule has 0 fully saturated rings. The molecule has 0 saturated heterocycles. The second-order valence-electron chi connectivity index (χ2n) is 4.48. The van der Waals surface area contributed by atoms with Gasteiger partial charge < -0.3 is 9.47 Å². The number of ether oxygens (including phenoxy) is 2. The molecule has 1 unspecified atom stereocenters. The highest BCUT2D eigenvalue weighted by Crippen LogP contribution is 2.39. The topological polar surface area (TPSA) is 18.5 Å². The normalized spacial score (nSPS) is 12.1. The molecule has 0 N–H and O–H groups in total. The van der Waals surface area contributed by atoms with E-state index in [0.29, 0.717) is 0 Å². The van der Waals surface area contributed by atoms with Crippen LogP contribution in [0.4, 0.5) is 0 Å². The first-order chi connectivity index (χ1) is 9.56. The van der Waals surface area contributed by atoms with Gasteiger partial charge in [-0.15, -0.1) is 0 Å². The smallest absolute Gasteiger partial charge is 0.123 e. The largest absolute Gasteiger partial charge is 0.497 e. The van der Waals surface area contributed by atoms with Gasteiger partial charge in [0.2, 0.25) is 0 Å². The predicted molar refractivity (Wildman–Crippen MR) is 86.5 cm³/mol. The lowest BCUT2D eigenvalue weighted by molar-refractivity contribution is 0.399. The Morgan fingerprint density at radius 3 is 2.40 bits per heavy atom. The van der Waals surface area contributed by atoms with E-state index in [1.54, 1.807) is 14.2 Å². The molecule has 0 saturated carbocycles. The zero-order chi connectivity index (χ0) is 14.7. The van der Waals surface area contributed by atoms with Crippen LogP contribution in [-0.2, 0) is 0 Å². The molecule has 0 aliphatic heterocycles. The van der Waals surface area contributed by atoms with Crippen molar-refractivity contribution in [1.29, 1.82) is 0 Å². The van der Waals surface area contributed by atoms with Gasteiger partial charge in [-0.2, -0.15) is 0 Å². The Hall–Kier alpha value is -1.19. The highest BCUT2D eigenvalue weighted by Gasteiger charge is 2.17. The van der Waals surface area contributed by atoms with Crippen molar-refractivity contribution in [3.8, 4) is 11.5 Å². The van der Waals surface area contributed by atoms with Crippen LogP contribution in [-0.4, -0.2) is 14.2 Å². The lowest BCUT2D eigenvalue weighted by Gasteiger charge is -2.16. The van der Waals surface area contributed by atoms with Gasteiger partial charge in [-0.3, -0.25) is 0 Å². The number of alkyl halides is 1. The van der Waals surface area contributed by atoms with Gasteiger partial charge in [0.05, 0.1) is 19.0 Å². The van der Waals surface area contributed by atoms with Gasteiger partial charge in [-0.25, -0.2) is 0 Å². The summed E-state index contributed by atoms with van der Waals surface area (Å²) in [7, 11) is 3.32. The maximum atomic E-state index is 6.08. The number of aryl methyl sites for hydroxylation is 1. The molecule has 0 radical (unpaired) electrons. The molecule has 1 atom stereocenters. The number of halogens is 2. The van der Waals surface area contributed by atoms with Gasteiger partial charge in [-0.05, 0) is 42.3 Å². The zero-order valence-corrected chi connectivity index (χ0v) is 14.0. The van der Waals surface area contributed by atoms with Gasteiger partial charge in [-0.1, -0.05) is 39.7 Å². The second-order valence-corrected chi connectivity index (χ2v) is 5.80. The summed E-state index contributed by atoms with van der Waals surface area (Å²) >= 11 is 9.81. The molecule has 2 nitrogen and oxygen atoms in total. The Bertz CT molecular complexity index is 613. The van der Waals surface area contributed by atoms with Crippen LogP contribution in [0.15, 0.2) is 36.4 Å². The molecule has 4 heteroatoms. The van der Waals surface area contributed by atoms with Crippen molar-refractivity contribution in [3.05, 3.63) is 58.1 Å². The highest BCUT2D eigenvalue weighted by molar-refractivity contribution is 9.09. The third-order valence-corrected chi connectivity index (χ3v) is 4.63. The molecule has 0 aliphatic carbocycles. The fourth-order valence-electron chi connectivity index (χ4n) is 2.04. The van der Waals surface area contributed by atoms with E-state index in [1.165, 1.54) is 0 Å². The average molecular weight is 356 g/mol. The van der Waals surface area contributed by atoms with Gasteiger partial charge in [0, 0.05) is 10.6 Å². The van der Waals surface area contributed by atoms with Crippen LogP contribution >= 0.6 is 27.5 Å². The minimum absolute atomic E-state index is 0.0171. The first-order valence-electron chi connectivity index (χ1n) is 6.19. The van der Waals surface area contributed by atoms with Gasteiger partial charge in [0.25, 0.3) is 0 Å². The van der Waals surface area contributed by atoms with E-state index in [2.05, 4.69) is 22.0 Å². The average Bonchev–Trinajstić information content (AvgIpc) is 2.48. The summed E-state index contributed by atoms with van der Waals surface area (Å²) in [6.45, 7) is 1.99. The Morgan fingerprint density at radius 1 is 1.05 bits per heavy atom. The molecule has 106 valence electrons. The summed E-state index contributed by atoms with van der Waals surface area (Å²) in [5.74, 6) is 1.62. The van der Waals surface area contributed by atoms with E-state index in [-0.39, 0.29) is 4.83 Å². The molecular formula is C16H16BrClO2. The minimum atomic E-state index is 0.0171. The van der Waals surface area contributed by atoms with E-state index in [1.807, 2.05) is 37.3 Å². The van der Waals surface area contributed by atoms with Crippen molar-refractivity contribution >= 4 is 27.5 Å². The van der Waals surface area contributed by atoms with Crippen LogP contribution in [0.2, 0.25) is 5.02 Å². The van der Waals surface area contributed by atoms with Gasteiger partial charge in [0.1, 0.15) is 11.5 Å². The molecule has 2 rings (SSSR count). The van der Waals surface area contributed by atoms with Crippen molar-refractivity contribution < 1.29 is 9.47 Å². The first kappa shape index (κ1) is 15.2. The molecule has 0 spiro atoms. The van der Waals surface area contributed by atoms with Crippen LogP contribution < -0.4 is 9.47 Å². The Balaban J connectivity index is 2.45. The van der Waals surface area contributed by atoms with E-state index < -0.39 is 0 Å². The standard InChI is InChI=1S/C16H16BrClO2/c1-10-8-11(4-6-14(10)18)16(17)13-9-12(19-2)5-7-15(13)20-3/h4-9,16H,1-3H3. The minimum Gasteiger partial charge on any atom is -0.497 e. The molecule has 0 heterocycles. The Morgan fingerprint density at radius 2 is 1.80 bits per heavy atom. The SMILES string of the molecule is COc1ccc(OC)c(C(Br)c2ccc(Cl)c(C)c2)c1. The molecule has 0 amide bonds. The van der Waals surface area contributed by atoms with E-state index in [0.717, 1.165) is 33.2 Å². The van der Waals surface area contributed by atoms with Crippen molar-refractivity contribution in [2.75, 3.05) is 14.2 Å². The summed E-state index contributed by atoms with van der Waals surface area (Å²) in [5.41, 5.74) is 3.20. The van der Waals surface area contributed by atoms with Crippen LogP contribution in [0, 0.1) is 6.92 Å². The molecule has 20 heavy (non-hydrogen) atoms. The third kappa shape index (κ3) is 3.10. The quantitative estimate of drug-likeness (QED) is 0.706. The number of hydrogen-bond donors (Lipinski definition) is 0. The number of benzene rings is 2.